The van der Waals surface area contributed by atoms with E-state index in [1.807, 2.05) is 19.1 Å². The van der Waals surface area contributed by atoms with Gasteiger partial charge >= 0.3 is 0 Å². The molecular weight excluding hydrogens is 252 g/mol. The molecule has 0 bridgehead atoms. The van der Waals surface area contributed by atoms with E-state index in [4.69, 9.17) is 9.47 Å². The third-order valence-corrected chi connectivity index (χ3v) is 3.75. The Morgan fingerprint density at radius 3 is 2.95 bits per heavy atom. The first-order valence-corrected chi connectivity index (χ1v) is 7.33. The Labute approximate surface area is 119 Å². The minimum Gasteiger partial charge on any atom is -0.493 e. The molecule has 0 spiro atoms. The first-order valence-electron chi connectivity index (χ1n) is 7.33. The lowest BCUT2D eigenvalue weighted by Gasteiger charge is -2.17. The minimum atomic E-state index is -0.325. The van der Waals surface area contributed by atoms with Crippen molar-refractivity contribution in [1.29, 1.82) is 5.26 Å². The normalized spacial score (nSPS) is 21.8. The van der Waals surface area contributed by atoms with E-state index in [-0.39, 0.29) is 12.1 Å². The molecule has 2 unspecified atom stereocenters. The summed E-state index contributed by atoms with van der Waals surface area (Å²) in [6, 6.07) is 6.51. The van der Waals surface area contributed by atoms with Crippen molar-refractivity contribution in [3.05, 3.63) is 23.3 Å². The highest BCUT2D eigenvalue weighted by molar-refractivity contribution is 5.51. The highest BCUT2D eigenvalue weighted by Crippen LogP contribution is 2.38. The van der Waals surface area contributed by atoms with Gasteiger partial charge in [0.1, 0.15) is 23.6 Å². The molecule has 2 atom stereocenters. The van der Waals surface area contributed by atoms with Crippen LogP contribution < -0.4 is 14.8 Å². The number of ether oxygens (including phenoxy) is 2. The first kappa shape index (κ1) is 13.3. The number of nitrogens with zero attached hydrogens (tertiary/aromatic N) is 1. The zero-order valence-corrected chi connectivity index (χ0v) is 12.0. The second-order valence-electron chi connectivity index (χ2n) is 5.57. The second-order valence-corrected chi connectivity index (χ2v) is 5.57. The first-order chi connectivity index (χ1) is 9.71. The van der Waals surface area contributed by atoms with Crippen LogP contribution in [0.25, 0.3) is 0 Å². The van der Waals surface area contributed by atoms with Crippen molar-refractivity contribution in [1.82, 2.24) is 5.32 Å². The Balaban J connectivity index is 1.94. The van der Waals surface area contributed by atoms with Crippen LogP contribution in [0.4, 0.5) is 0 Å². The molecule has 1 aromatic rings. The van der Waals surface area contributed by atoms with Crippen LogP contribution >= 0.6 is 0 Å². The van der Waals surface area contributed by atoms with Crippen molar-refractivity contribution in [2.75, 3.05) is 6.61 Å². The summed E-state index contributed by atoms with van der Waals surface area (Å²) in [5, 5.41) is 12.8. The molecule has 2 aliphatic rings. The van der Waals surface area contributed by atoms with Gasteiger partial charge in [-0.05, 0) is 38.8 Å². The van der Waals surface area contributed by atoms with Crippen LogP contribution in [0.1, 0.15) is 43.9 Å². The summed E-state index contributed by atoms with van der Waals surface area (Å²) in [5.74, 6) is 1.71. The summed E-state index contributed by atoms with van der Waals surface area (Å²) < 4.78 is 11.5. The lowest BCUT2D eigenvalue weighted by molar-refractivity contribution is 0.254. The highest BCUT2D eigenvalue weighted by atomic mass is 16.5. The van der Waals surface area contributed by atoms with Crippen LogP contribution in [0.2, 0.25) is 0 Å². The zero-order chi connectivity index (χ0) is 14.1. The molecule has 20 heavy (non-hydrogen) atoms. The fourth-order valence-corrected chi connectivity index (χ4v) is 2.64. The Morgan fingerprint density at radius 1 is 1.50 bits per heavy atom. The SMILES string of the molecule is CCOc1cc2c(cc1C(C#N)NC1CC1)OC(C)C2. The van der Waals surface area contributed by atoms with Crippen molar-refractivity contribution < 1.29 is 9.47 Å². The molecule has 0 aromatic heterocycles. The van der Waals surface area contributed by atoms with Gasteiger partial charge in [-0.15, -0.1) is 0 Å². The number of rotatable bonds is 5. The third kappa shape index (κ3) is 2.59. The number of hydrogen-bond acceptors (Lipinski definition) is 4. The number of fused-ring (bicyclic) bond motifs is 1. The van der Waals surface area contributed by atoms with Gasteiger partial charge in [-0.25, -0.2) is 0 Å². The molecule has 1 N–H and O–H groups in total. The minimum absolute atomic E-state index is 0.201. The van der Waals surface area contributed by atoms with Gasteiger partial charge in [-0.2, -0.15) is 5.26 Å². The average Bonchev–Trinajstić information content (AvgIpc) is 3.16. The van der Waals surface area contributed by atoms with E-state index < -0.39 is 0 Å². The number of benzene rings is 1. The molecular formula is C16H20N2O2. The van der Waals surface area contributed by atoms with Gasteiger partial charge in [-0.1, -0.05) is 0 Å². The second kappa shape index (κ2) is 5.34. The Hall–Kier alpha value is -1.73. The third-order valence-electron chi connectivity index (χ3n) is 3.75. The van der Waals surface area contributed by atoms with Gasteiger partial charge in [-0.3, -0.25) is 5.32 Å². The quantitative estimate of drug-likeness (QED) is 0.895. The molecule has 1 heterocycles. The van der Waals surface area contributed by atoms with Crippen LogP contribution in [0.5, 0.6) is 11.5 Å². The summed E-state index contributed by atoms with van der Waals surface area (Å²) in [7, 11) is 0. The molecule has 1 aromatic carbocycles. The maximum Gasteiger partial charge on any atom is 0.125 e. The van der Waals surface area contributed by atoms with Gasteiger partial charge in [0, 0.05) is 23.6 Å². The van der Waals surface area contributed by atoms with E-state index in [9.17, 15) is 5.26 Å². The topological polar surface area (TPSA) is 54.3 Å². The van der Waals surface area contributed by atoms with Crippen LogP contribution in [-0.2, 0) is 6.42 Å². The summed E-state index contributed by atoms with van der Waals surface area (Å²) in [6.45, 7) is 4.62. The molecule has 1 fully saturated rings. The van der Waals surface area contributed by atoms with Crippen LogP contribution in [-0.4, -0.2) is 18.8 Å². The van der Waals surface area contributed by atoms with E-state index >= 15 is 0 Å². The monoisotopic (exact) mass is 272 g/mol. The molecule has 1 aliphatic heterocycles. The average molecular weight is 272 g/mol. The predicted octanol–water partition coefficient (Wildman–Crippen LogP) is 2.73. The van der Waals surface area contributed by atoms with Crippen LogP contribution in [0.3, 0.4) is 0 Å². The number of hydrogen-bond donors (Lipinski definition) is 1. The van der Waals surface area contributed by atoms with Gasteiger partial charge in [0.05, 0.1) is 12.7 Å². The molecule has 106 valence electrons. The molecule has 1 aliphatic carbocycles. The van der Waals surface area contributed by atoms with Crippen LogP contribution in [0.15, 0.2) is 12.1 Å². The maximum atomic E-state index is 9.44. The standard InChI is InChI=1S/C16H20N2O2/c1-3-19-16-7-11-6-10(2)20-15(11)8-13(16)14(9-17)18-12-4-5-12/h7-8,10,12,14,18H,3-6H2,1-2H3. The number of nitrogens with one attached hydrogen (secondary N) is 1. The fourth-order valence-electron chi connectivity index (χ4n) is 2.64. The summed E-state index contributed by atoms with van der Waals surface area (Å²) in [6.07, 6.45) is 3.41. The molecule has 3 rings (SSSR count). The van der Waals surface area contributed by atoms with Gasteiger partial charge in [0.2, 0.25) is 0 Å². The fraction of sp³-hybridized carbons (Fsp3) is 0.562. The smallest absolute Gasteiger partial charge is 0.125 e. The van der Waals surface area contributed by atoms with Crippen molar-refractivity contribution >= 4 is 0 Å². The largest absolute Gasteiger partial charge is 0.493 e. The van der Waals surface area contributed by atoms with E-state index in [1.165, 1.54) is 5.56 Å². The zero-order valence-electron chi connectivity index (χ0n) is 12.0. The van der Waals surface area contributed by atoms with Gasteiger partial charge in [0.15, 0.2) is 0 Å². The summed E-state index contributed by atoms with van der Waals surface area (Å²) >= 11 is 0. The lowest BCUT2D eigenvalue weighted by atomic mass is 10.0. The summed E-state index contributed by atoms with van der Waals surface area (Å²) in [4.78, 5) is 0. The van der Waals surface area contributed by atoms with Crippen molar-refractivity contribution in [2.45, 2.75) is 51.3 Å². The molecule has 4 heteroatoms. The van der Waals surface area contributed by atoms with Gasteiger partial charge in [0.25, 0.3) is 0 Å². The van der Waals surface area contributed by atoms with Gasteiger partial charge < -0.3 is 9.47 Å². The molecule has 0 saturated heterocycles. The van der Waals surface area contributed by atoms with E-state index in [0.29, 0.717) is 12.6 Å². The molecule has 0 radical (unpaired) electrons. The Kier molecular flexibility index (Phi) is 3.54. The predicted molar refractivity (Wildman–Crippen MR) is 75.9 cm³/mol. The van der Waals surface area contributed by atoms with Crippen molar-refractivity contribution in [3.63, 3.8) is 0 Å². The Morgan fingerprint density at radius 2 is 2.30 bits per heavy atom. The number of nitriles is 1. The van der Waals surface area contributed by atoms with E-state index in [0.717, 1.165) is 36.3 Å². The maximum absolute atomic E-state index is 9.44. The molecule has 4 nitrogen and oxygen atoms in total. The summed E-state index contributed by atoms with van der Waals surface area (Å²) in [5.41, 5.74) is 2.07. The Bertz CT molecular complexity index is 546. The van der Waals surface area contributed by atoms with Crippen molar-refractivity contribution in [3.8, 4) is 17.6 Å². The van der Waals surface area contributed by atoms with E-state index in [1.54, 1.807) is 0 Å². The molecule has 0 amide bonds. The highest BCUT2D eigenvalue weighted by Gasteiger charge is 2.29. The lowest BCUT2D eigenvalue weighted by Crippen LogP contribution is -2.22. The van der Waals surface area contributed by atoms with Crippen LogP contribution in [0, 0.1) is 11.3 Å². The van der Waals surface area contributed by atoms with E-state index in [2.05, 4.69) is 18.3 Å². The van der Waals surface area contributed by atoms with Crippen molar-refractivity contribution in [2.24, 2.45) is 0 Å². The molecule has 1 saturated carbocycles.